The van der Waals surface area contributed by atoms with Gasteiger partial charge < -0.3 is 0 Å². The Morgan fingerprint density at radius 1 is 1.33 bits per heavy atom. The number of hydrogen-bond donors (Lipinski definition) is 0. The third-order valence-corrected chi connectivity index (χ3v) is 3.19. The molecule has 0 bridgehead atoms. The number of benzene rings is 1. The molecule has 15 heavy (non-hydrogen) atoms. The fourth-order valence-electron chi connectivity index (χ4n) is 2.12. The highest BCUT2D eigenvalue weighted by molar-refractivity contribution is 5.36. The zero-order valence-electron chi connectivity index (χ0n) is 9.92. The zero-order valence-corrected chi connectivity index (χ0v) is 9.92. The van der Waals surface area contributed by atoms with E-state index in [1.807, 2.05) is 0 Å². The van der Waals surface area contributed by atoms with Gasteiger partial charge in [-0.05, 0) is 54.7 Å². The molecule has 1 saturated carbocycles. The summed E-state index contributed by atoms with van der Waals surface area (Å²) in [5.41, 5.74) is 4.49. The van der Waals surface area contributed by atoms with Crippen LogP contribution in [0.3, 0.4) is 0 Å². The molecule has 0 heterocycles. The van der Waals surface area contributed by atoms with Crippen molar-refractivity contribution in [1.82, 2.24) is 0 Å². The normalized spacial score (nSPS) is 16.0. The van der Waals surface area contributed by atoms with E-state index in [4.69, 9.17) is 0 Å². The van der Waals surface area contributed by atoms with Crippen LogP contribution < -0.4 is 0 Å². The van der Waals surface area contributed by atoms with Crippen LogP contribution in [0.2, 0.25) is 0 Å². The predicted octanol–water partition coefficient (Wildman–Crippen LogP) is 4.45. The van der Waals surface area contributed by atoms with Crippen molar-refractivity contribution in [3.05, 3.63) is 41.8 Å². The first-order valence-corrected chi connectivity index (χ1v) is 6.17. The standard InChI is InChI=1S/C15H21/c1-4-5-12-8-14(11(2)3)10-15(9-12)13-6-7-13/h8-11,13H,2,4-7H2,1,3H3. The SMILES string of the molecule is [CH2]C(C)c1cc(CCC)cc(C2CC2)c1. The van der Waals surface area contributed by atoms with E-state index in [2.05, 4.69) is 39.0 Å². The molecule has 0 saturated heterocycles. The summed E-state index contributed by atoms with van der Waals surface area (Å²) in [6.07, 6.45) is 5.22. The van der Waals surface area contributed by atoms with Crippen molar-refractivity contribution in [3.8, 4) is 0 Å². The molecule has 1 fully saturated rings. The summed E-state index contributed by atoms with van der Waals surface area (Å²) in [7, 11) is 0. The van der Waals surface area contributed by atoms with Gasteiger partial charge in [0.1, 0.15) is 0 Å². The fraction of sp³-hybridized carbons (Fsp3) is 0.533. The first kappa shape index (κ1) is 10.7. The molecule has 1 unspecified atom stereocenters. The van der Waals surface area contributed by atoms with E-state index in [0.717, 1.165) is 5.92 Å². The molecule has 0 N–H and O–H groups in total. The van der Waals surface area contributed by atoms with Crippen LogP contribution in [0.1, 0.15) is 61.6 Å². The van der Waals surface area contributed by atoms with E-state index in [1.165, 1.54) is 36.8 Å². The van der Waals surface area contributed by atoms with Crippen molar-refractivity contribution >= 4 is 0 Å². The summed E-state index contributed by atoms with van der Waals surface area (Å²) < 4.78 is 0. The molecule has 1 radical (unpaired) electrons. The van der Waals surface area contributed by atoms with E-state index in [1.54, 1.807) is 5.56 Å². The van der Waals surface area contributed by atoms with Crippen LogP contribution in [-0.4, -0.2) is 0 Å². The van der Waals surface area contributed by atoms with Crippen LogP contribution in [0, 0.1) is 6.92 Å². The van der Waals surface area contributed by atoms with E-state index >= 15 is 0 Å². The average molecular weight is 201 g/mol. The Bertz CT molecular complexity index is 312. The maximum atomic E-state index is 4.13. The lowest BCUT2D eigenvalue weighted by atomic mass is 9.94. The number of rotatable bonds is 4. The molecule has 0 nitrogen and oxygen atoms in total. The van der Waals surface area contributed by atoms with Gasteiger partial charge in [-0.2, -0.15) is 0 Å². The van der Waals surface area contributed by atoms with Gasteiger partial charge in [-0.25, -0.2) is 0 Å². The molecule has 1 aromatic carbocycles. The minimum atomic E-state index is 0.416. The molecule has 1 aliphatic rings. The van der Waals surface area contributed by atoms with Crippen molar-refractivity contribution in [2.75, 3.05) is 0 Å². The van der Waals surface area contributed by atoms with Gasteiger partial charge in [0.2, 0.25) is 0 Å². The summed E-state index contributed by atoms with van der Waals surface area (Å²) in [6, 6.07) is 7.12. The topological polar surface area (TPSA) is 0 Å². The Kier molecular flexibility index (Phi) is 3.14. The highest BCUT2D eigenvalue weighted by Crippen LogP contribution is 2.41. The molecule has 1 aromatic rings. The Morgan fingerprint density at radius 2 is 2.07 bits per heavy atom. The Hall–Kier alpha value is -0.780. The van der Waals surface area contributed by atoms with E-state index < -0.39 is 0 Å². The van der Waals surface area contributed by atoms with Gasteiger partial charge in [-0.15, -0.1) is 0 Å². The lowest BCUT2D eigenvalue weighted by molar-refractivity contribution is 0.895. The molecule has 0 aromatic heterocycles. The van der Waals surface area contributed by atoms with Gasteiger partial charge in [0.15, 0.2) is 0 Å². The monoisotopic (exact) mass is 201 g/mol. The van der Waals surface area contributed by atoms with Crippen LogP contribution in [0.25, 0.3) is 0 Å². The molecule has 1 atom stereocenters. The van der Waals surface area contributed by atoms with Crippen molar-refractivity contribution in [1.29, 1.82) is 0 Å². The van der Waals surface area contributed by atoms with Crippen LogP contribution in [0.5, 0.6) is 0 Å². The Morgan fingerprint density at radius 3 is 2.60 bits per heavy atom. The largest absolute Gasteiger partial charge is 0.0651 e. The summed E-state index contributed by atoms with van der Waals surface area (Å²) in [5, 5.41) is 0. The molecular weight excluding hydrogens is 180 g/mol. The second-order valence-electron chi connectivity index (χ2n) is 4.93. The molecule has 0 aliphatic heterocycles. The molecular formula is C15H21. The van der Waals surface area contributed by atoms with E-state index in [9.17, 15) is 0 Å². The summed E-state index contributed by atoms with van der Waals surface area (Å²) in [6.45, 7) is 8.56. The van der Waals surface area contributed by atoms with E-state index in [-0.39, 0.29) is 0 Å². The Balaban J connectivity index is 2.30. The van der Waals surface area contributed by atoms with E-state index in [0.29, 0.717) is 5.92 Å². The average Bonchev–Trinajstić information content (AvgIpc) is 3.01. The van der Waals surface area contributed by atoms with Crippen molar-refractivity contribution in [2.45, 2.75) is 51.4 Å². The van der Waals surface area contributed by atoms with Gasteiger partial charge >= 0.3 is 0 Å². The van der Waals surface area contributed by atoms with Gasteiger partial charge in [-0.1, -0.05) is 38.5 Å². The predicted molar refractivity (Wildman–Crippen MR) is 66.2 cm³/mol. The zero-order chi connectivity index (χ0) is 10.8. The maximum absolute atomic E-state index is 4.13. The summed E-state index contributed by atoms with van der Waals surface area (Å²) in [5.74, 6) is 1.28. The highest BCUT2D eigenvalue weighted by atomic mass is 14.3. The lowest BCUT2D eigenvalue weighted by Gasteiger charge is -2.11. The maximum Gasteiger partial charge on any atom is -0.0161 e. The second kappa shape index (κ2) is 4.38. The third-order valence-electron chi connectivity index (χ3n) is 3.19. The smallest absolute Gasteiger partial charge is 0.0161 e. The summed E-state index contributed by atoms with van der Waals surface area (Å²) >= 11 is 0. The van der Waals surface area contributed by atoms with Crippen LogP contribution in [-0.2, 0) is 6.42 Å². The molecule has 0 amide bonds. The lowest BCUT2D eigenvalue weighted by Crippen LogP contribution is -1.94. The minimum absolute atomic E-state index is 0.416. The van der Waals surface area contributed by atoms with Gasteiger partial charge in [0.25, 0.3) is 0 Å². The first-order chi connectivity index (χ1) is 7.20. The number of hydrogen-bond acceptors (Lipinski definition) is 0. The Labute approximate surface area is 93.7 Å². The molecule has 0 heteroatoms. The molecule has 2 rings (SSSR count). The van der Waals surface area contributed by atoms with Crippen molar-refractivity contribution in [3.63, 3.8) is 0 Å². The highest BCUT2D eigenvalue weighted by Gasteiger charge is 2.24. The van der Waals surface area contributed by atoms with Crippen molar-refractivity contribution in [2.24, 2.45) is 0 Å². The molecule has 81 valence electrons. The third kappa shape index (κ3) is 2.62. The van der Waals surface area contributed by atoms with Crippen LogP contribution in [0.15, 0.2) is 18.2 Å². The van der Waals surface area contributed by atoms with Crippen molar-refractivity contribution < 1.29 is 0 Å². The molecule has 0 spiro atoms. The molecule has 1 aliphatic carbocycles. The van der Waals surface area contributed by atoms with Gasteiger partial charge in [0, 0.05) is 0 Å². The summed E-state index contributed by atoms with van der Waals surface area (Å²) in [4.78, 5) is 0. The van der Waals surface area contributed by atoms with Crippen LogP contribution in [0.4, 0.5) is 0 Å². The number of aryl methyl sites for hydroxylation is 1. The second-order valence-corrected chi connectivity index (χ2v) is 4.93. The fourth-order valence-corrected chi connectivity index (χ4v) is 2.12. The van der Waals surface area contributed by atoms with Gasteiger partial charge in [0.05, 0.1) is 0 Å². The first-order valence-electron chi connectivity index (χ1n) is 6.17. The van der Waals surface area contributed by atoms with Gasteiger partial charge in [-0.3, -0.25) is 0 Å². The minimum Gasteiger partial charge on any atom is -0.0651 e. The quantitative estimate of drug-likeness (QED) is 0.675. The van der Waals surface area contributed by atoms with Crippen LogP contribution >= 0.6 is 0 Å².